The first kappa shape index (κ1) is 19.9. The predicted octanol–water partition coefficient (Wildman–Crippen LogP) is 6.70. The minimum Gasteiger partial charge on any atom is -0.135 e. The average Bonchev–Trinajstić information content (AvgIpc) is 2.63. The third-order valence-electron chi connectivity index (χ3n) is 3.57. The highest BCUT2D eigenvalue weighted by Crippen LogP contribution is 2.33. The fraction of sp³-hybridized carbons (Fsp3) is 0.300. The Bertz CT molecular complexity index is 553. The molecule has 0 fully saturated rings. The molecule has 0 saturated carbocycles. The van der Waals surface area contributed by atoms with Gasteiger partial charge in [0.1, 0.15) is 0 Å². The minimum absolute atomic E-state index is 1.05. The first-order valence-corrected chi connectivity index (χ1v) is 11.1. The lowest BCUT2D eigenvalue weighted by Crippen LogP contribution is -1.88. The van der Waals surface area contributed by atoms with Crippen LogP contribution >= 0.6 is 48.8 Å². The molecule has 4 heteroatoms. The number of hydrogen-bond acceptors (Lipinski definition) is 4. The zero-order valence-corrected chi connectivity index (χ0v) is 17.1. The molecular weight excluding hydrogens is 368 g/mol. The Morgan fingerprint density at radius 3 is 1.38 bits per heavy atom. The van der Waals surface area contributed by atoms with Crippen LogP contribution in [0.2, 0.25) is 0 Å². The lowest BCUT2D eigenvalue weighted by Gasteiger charge is -2.06. The summed E-state index contributed by atoms with van der Waals surface area (Å²) in [6.45, 7) is 0. The Hall–Kier alpha value is -0.420. The maximum atomic E-state index is 4.60. The van der Waals surface area contributed by atoms with Crippen molar-refractivity contribution in [1.29, 1.82) is 0 Å². The van der Waals surface area contributed by atoms with Gasteiger partial charge >= 0.3 is 0 Å². The molecule has 0 radical (unpaired) electrons. The SMILES string of the molecule is S/C(SCCCc1ccccc1)=C(\S)SCCCc1ccccc1. The predicted molar refractivity (Wildman–Crippen MR) is 119 cm³/mol. The van der Waals surface area contributed by atoms with E-state index in [9.17, 15) is 0 Å². The van der Waals surface area contributed by atoms with Gasteiger partial charge in [0.2, 0.25) is 0 Å². The molecular formula is C20H24S4. The molecule has 0 N–H and O–H groups in total. The van der Waals surface area contributed by atoms with Crippen LogP contribution < -0.4 is 0 Å². The first-order valence-electron chi connectivity index (χ1n) is 8.21. The van der Waals surface area contributed by atoms with Gasteiger partial charge in [0.25, 0.3) is 0 Å². The smallest absolute Gasteiger partial charge is 0.0569 e. The molecule has 24 heavy (non-hydrogen) atoms. The molecule has 0 aliphatic heterocycles. The monoisotopic (exact) mass is 392 g/mol. The highest BCUT2D eigenvalue weighted by molar-refractivity contribution is 8.21. The Balaban J connectivity index is 1.60. The van der Waals surface area contributed by atoms with Gasteiger partial charge in [-0.3, -0.25) is 0 Å². The topological polar surface area (TPSA) is 0 Å². The van der Waals surface area contributed by atoms with E-state index < -0.39 is 0 Å². The second-order valence-electron chi connectivity index (χ2n) is 5.49. The summed E-state index contributed by atoms with van der Waals surface area (Å²) < 4.78 is 2.10. The van der Waals surface area contributed by atoms with Crippen molar-refractivity contribution in [2.45, 2.75) is 25.7 Å². The maximum Gasteiger partial charge on any atom is 0.0569 e. The number of benzene rings is 2. The van der Waals surface area contributed by atoms with E-state index in [4.69, 9.17) is 0 Å². The number of hydrogen-bond donors (Lipinski definition) is 2. The van der Waals surface area contributed by atoms with E-state index >= 15 is 0 Å². The Morgan fingerprint density at radius 1 is 0.625 bits per heavy atom. The van der Waals surface area contributed by atoms with Crippen LogP contribution in [0.15, 0.2) is 69.1 Å². The Morgan fingerprint density at radius 2 is 1.00 bits per heavy atom. The number of thioether (sulfide) groups is 2. The summed E-state index contributed by atoms with van der Waals surface area (Å²) in [5.74, 6) is 2.17. The van der Waals surface area contributed by atoms with Crippen LogP contribution in [0.1, 0.15) is 24.0 Å². The quantitative estimate of drug-likeness (QED) is 0.341. The third kappa shape index (κ3) is 8.11. The summed E-state index contributed by atoms with van der Waals surface area (Å²) in [7, 11) is 0. The Kier molecular flexibility index (Phi) is 9.96. The van der Waals surface area contributed by atoms with Gasteiger partial charge in [-0.2, -0.15) is 0 Å². The van der Waals surface area contributed by atoms with Crippen LogP contribution in [0.25, 0.3) is 0 Å². The van der Waals surface area contributed by atoms with E-state index in [1.807, 2.05) is 0 Å². The van der Waals surface area contributed by atoms with Gasteiger partial charge in [-0.05, 0) is 48.3 Å². The summed E-state index contributed by atoms with van der Waals surface area (Å²) in [6, 6.07) is 21.3. The van der Waals surface area contributed by atoms with Crippen molar-refractivity contribution in [3.8, 4) is 0 Å². The van der Waals surface area contributed by atoms with E-state index in [0.29, 0.717) is 0 Å². The minimum atomic E-state index is 1.05. The van der Waals surface area contributed by atoms with Crippen molar-refractivity contribution in [3.05, 3.63) is 80.3 Å². The third-order valence-corrected chi connectivity index (χ3v) is 7.34. The largest absolute Gasteiger partial charge is 0.135 e. The molecule has 2 aromatic rings. The van der Waals surface area contributed by atoms with E-state index in [1.165, 1.54) is 24.0 Å². The van der Waals surface area contributed by atoms with Crippen LogP contribution in [0.5, 0.6) is 0 Å². The molecule has 128 valence electrons. The maximum absolute atomic E-state index is 4.60. The molecule has 0 amide bonds. The van der Waals surface area contributed by atoms with Crippen LogP contribution in [0, 0.1) is 0 Å². The van der Waals surface area contributed by atoms with Crippen LogP contribution in [0.4, 0.5) is 0 Å². The second-order valence-corrected chi connectivity index (χ2v) is 9.20. The highest BCUT2D eigenvalue weighted by Gasteiger charge is 2.02. The summed E-state index contributed by atoms with van der Waals surface area (Å²) >= 11 is 12.8. The van der Waals surface area contributed by atoms with Gasteiger partial charge in [0.05, 0.1) is 8.47 Å². The molecule has 2 rings (SSSR count). The zero-order chi connectivity index (χ0) is 17.0. The molecule has 0 aliphatic rings. The van der Waals surface area contributed by atoms with Gasteiger partial charge in [0.15, 0.2) is 0 Å². The van der Waals surface area contributed by atoms with E-state index in [2.05, 4.69) is 85.9 Å². The van der Waals surface area contributed by atoms with Gasteiger partial charge < -0.3 is 0 Å². The number of thiol groups is 2. The molecule has 0 bridgehead atoms. The average molecular weight is 393 g/mol. The molecule has 0 heterocycles. The van der Waals surface area contributed by atoms with Crippen molar-refractivity contribution < 1.29 is 0 Å². The molecule has 0 aliphatic carbocycles. The van der Waals surface area contributed by atoms with Gasteiger partial charge in [-0.15, -0.1) is 48.8 Å². The van der Waals surface area contributed by atoms with Crippen molar-refractivity contribution in [1.82, 2.24) is 0 Å². The van der Waals surface area contributed by atoms with Crippen molar-refractivity contribution in [2.75, 3.05) is 11.5 Å². The standard InChI is InChI=1S/C20H24S4/c21-19(23-15-7-13-17-9-3-1-4-10-17)20(22)24-16-8-14-18-11-5-2-6-12-18/h1-6,9-12,21-22H,7-8,13-16H2/b20-19-. The van der Waals surface area contributed by atoms with Gasteiger partial charge in [-0.1, -0.05) is 60.7 Å². The molecule has 0 aromatic heterocycles. The fourth-order valence-electron chi connectivity index (χ4n) is 2.30. The summed E-state index contributed by atoms with van der Waals surface area (Å²) in [4.78, 5) is 0. The molecule has 0 spiro atoms. The molecule has 0 atom stereocenters. The molecule has 0 saturated heterocycles. The normalized spacial score (nSPS) is 12.1. The van der Waals surface area contributed by atoms with Gasteiger partial charge in [0, 0.05) is 0 Å². The fourth-order valence-corrected chi connectivity index (χ4v) is 4.80. The van der Waals surface area contributed by atoms with Crippen LogP contribution in [-0.2, 0) is 12.8 Å². The molecule has 0 nitrogen and oxygen atoms in total. The van der Waals surface area contributed by atoms with Gasteiger partial charge in [-0.25, -0.2) is 0 Å². The van der Waals surface area contributed by atoms with Crippen molar-refractivity contribution in [3.63, 3.8) is 0 Å². The van der Waals surface area contributed by atoms with E-state index in [-0.39, 0.29) is 0 Å². The Labute approximate surface area is 165 Å². The second kappa shape index (κ2) is 12.0. The highest BCUT2D eigenvalue weighted by atomic mass is 32.2. The van der Waals surface area contributed by atoms with E-state index in [1.54, 1.807) is 23.5 Å². The lowest BCUT2D eigenvalue weighted by molar-refractivity contribution is 0.934. The lowest BCUT2D eigenvalue weighted by atomic mass is 10.1. The molecule has 0 unspecified atom stereocenters. The summed E-state index contributed by atoms with van der Waals surface area (Å²) in [5, 5.41) is 0. The summed E-state index contributed by atoms with van der Waals surface area (Å²) in [5.41, 5.74) is 2.81. The van der Waals surface area contributed by atoms with Crippen molar-refractivity contribution in [2.24, 2.45) is 0 Å². The van der Waals surface area contributed by atoms with Crippen LogP contribution in [0.3, 0.4) is 0 Å². The molecule has 2 aromatic carbocycles. The van der Waals surface area contributed by atoms with E-state index in [0.717, 1.165) is 32.8 Å². The summed E-state index contributed by atoms with van der Waals surface area (Å²) in [6.07, 6.45) is 4.58. The number of rotatable bonds is 10. The number of aryl methyl sites for hydroxylation is 2. The van der Waals surface area contributed by atoms with Crippen LogP contribution in [-0.4, -0.2) is 11.5 Å². The van der Waals surface area contributed by atoms with Crippen molar-refractivity contribution >= 4 is 48.8 Å². The zero-order valence-electron chi connectivity index (χ0n) is 13.7. The first-order chi connectivity index (χ1) is 11.8.